The summed E-state index contributed by atoms with van der Waals surface area (Å²) in [5.41, 5.74) is 7.23. The van der Waals surface area contributed by atoms with Gasteiger partial charge in [-0.05, 0) is 73.4 Å². The van der Waals surface area contributed by atoms with Crippen molar-refractivity contribution in [3.8, 4) is 5.69 Å². The predicted molar refractivity (Wildman–Crippen MR) is 160 cm³/mol. The third kappa shape index (κ3) is 5.96. The van der Waals surface area contributed by atoms with Gasteiger partial charge in [0.2, 0.25) is 0 Å². The fourth-order valence-corrected chi connectivity index (χ4v) is 5.76. The standard InChI is InChI=1S/C33H31N3O2S/c1-22-9-8-12-26(16-22)21-39-33-34-30-19-27(31(37)35(4)20-25-10-6-5-7-11-25)13-14-29(30)32(38)36(33)28-17-23(2)15-24(3)18-28/h5-19H,20-21H2,1-4H3. The molecule has 0 radical (unpaired) electrons. The molecule has 5 nitrogen and oxygen atoms in total. The molecule has 5 rings (SSSR count). The van der Waals surface area contributed by atoms with E-state index in [0.29, 0.717) is 33.9 Å². The Kier molecular flexibility index (Phi) is 7.66. The highest BCUT2D eigenvalue weighted by molar-refractivity contribution is 7.98. The molecule has 0 fully saturated rings. The lowest BCUT2D eigenvalue weighted by molar-refractivity contribution is 0.0785. The molecule has 0 unspecified atom stereocenters. The van der Waals surface area contributed by atoms with Gasteiger partial charge in [-0.1, -0.05) is 78.0 Å². The van der Waals surface area contributed by atoms with Crippen LogP contribution < -0.4 is 5.56 Å². The second-order valence-corrected chi connectivity index (χ2v) is 11.0. The van der Waals surface area contributed by atoms with Crippen LogP contribution in [-0.4, -0.2) is 27.4 Å². The number of fused-ring (bicyclic) bond motifs is 1. The number of hydrogen-bond donors (Lipinski definition) is 0. The van der Waals surface area contributed by atoms with Gasteiger partial charge < -0.3 is 4.90 Å². The Morgan fingerprint density at radius 2 is 1.54 bits per heavy atom. The number of carbonyl (C=O) groups excluding carboxylic acids is 1. The summed E-state index contributed by atoms with van der Waals surface area (Å²) < 4.78 is 1.70. The lowest BCUT2D eigenvalue weighted by Crippen LogP contribution is -2.26. The third-order valence-corrected chi connectivity index (χ3v) is 7.62. The second kappa shape index (κ2) is 11.3. The Morgan fingerprint density at radius 3 is 2.26 bits per heavy atom. The molecule has 0 atom stereocenters. The van der Waals surface area contributed by atoms with Crippen LogP contribution in [0.5, 0.6) is 0 Å². The summed E-state index contributed by atoms with van der Waals surface area (Å²) in [6.45, 7) is 6.62. The van der Waals surface area contributed by atoms with Crippen molar-refractivity contribution < 1.29 is 4.79 Å². The quantitative estimate of drug-likeness (QED) is 0.169. The normalized spacial score (nSPS) is 11.1. The molecule has 5 aromatic rings. The van der Waals surface area contributed by atoms with Crippen LogP contribution in [0.1, 0.15) is 38.2 Å². The zero-order valence-corrected chi connectivity index (χ0v) is 23.5. The van der Waals surface area contributed by atoms with Crippen LogP contribution in [0.15, 0.2) is 101 Å². The van der Waals surface area contributed by atoms with E-state index in [1.807, 2.05) is 62.4 Å². The van der Waals surface area contributed by atoms with E-state index in [4.69, 9.17) is 4.98 Å². The van der Waals surface area contributed by atoms with E-state index in [9.17, 15) is 9.59 Å². The third-order valence-electron chi connectivity index (χ3n) is 6.61. The number of thioether (sulfide) groups is 1. The van der Waals surface area contributed by atoms with Crippen LogP contribution in [-0.2, 0) is 12.3 Å². The molecular weight excluding hydrogens is 502 g/mol. The van der Waals surface area contributed by atoms with E-state index < -0.39 is 0 Å². The molecule has 1 amide bonds. The van der Waals surface area contributed by atoms with E-state index in [0.717, 1.165) is 27.9 Å². The second-order valence-electron chi connectivity index (χ2n) is 10.0. The van der Waals surface area contributed by atoms with Gasteiger partial charge in [0.25, 0.3) is 11.5 Å². The molecule has 0 spiro atoms. The summed E-state index contributed by atoms with van der Waals surface area (Å²) >= 11 is 1.52. The van der Waals surface area contributed by atoms with Crippen LogP contribution in [0.25, 0.3) is 16.6 Å². The molecule has 0 bridgehead atoms. The maximum atomic E-state index is 13.9. The summed E-state index contributed by atoms with van der Waals surface area (Å²) in [5.74, 6) is 0.554. The lowest BCUT2D eigenvalue weighted by Gasteiger charge is -2.18. The van der Waals surface area contributed by atoms with Gasteiger partial charge in [-0.25, -0.2) is 4.98 Å². The average Bonchev–Trinajstić information content (AvgIpc) is 2.91. The van der Waals surface area contributed by atoms with Crippen molar-refractivity contribution in [1.29, 1.82) is 0 Å². The number of aryl methyl sites for hydroxylation is 3. The molecule has 6 heteroatoms. The van der Waals surface area contributed by atoms with E-state index >= 15 is 0 Å². The van der Waals surface area contributed by atoms with E-state index in [2.05, 4.69) is 31.2 Å². The molecule has 0 saturated heterocycles. The van der Waals surface area contributed by atoms with Gasteiger partial charge in [0.05, 0.1) is 16.6 Å². The van der Waals surface area contributed by atoms with Crippen molar-refractivity contribution in [2.24, 2.45) is 0 Å². The van der Waals surface area contributed by atoms with Gasteiger partial charge in [-0.2, -0.15) is 0 Å². The number of benzene rings is 4. The SMILES string of the molecule is Cc1cccc(CSc2nc3cc(C(=O)N(C)Cc4ccccc4)ccc3c(=O)n2-c2cc(C)cc(C)c2)c1. The zero-order chi connectivity index (χ0) is 27.5. The molecule has 196 valence electrons. The van der Waals surface area contributed by atoms with Gasteiger partial charge in [0.15, 0.2) is 5.16 Å². The van der Waals surface area contributed by atoms with E-state index in [1.54, 1.807) is 34.7 Å². The summed E-state index contributed by atoms with van der Waals surface area (Å²) in [5, 5.41) is 1.08. The fraction of sp³-hybridized carbons (Fsp3) is 0.182. The van der Waals surface area contributed by atoms with E-state index in [-0.39, 0.29) is 11.5 Å². The van der Waals surface area contributed by atoms with Crippen LogP contribution in [0.2, 0.25) is 0 Å². The molecule has 1 aromatic heterocycles. The average molecular weight is 534 g/mol. The summed E-state index contributed by atoms with van der Waals surface area (Å²) in [6, 6.07) is 29.5. The van der Waals surface area contributed by atoms with Crippen LogP contribution in [0.4, 0.5) is 0 Å². The Labute approximate surface area is 233 Å². The molecule has 0 aliphatic carbocycles. The Bertz CT molecular complexity index is 1710. The highest BCUT2D eigenvalue weighted by Crippen LogP contribution is 2.26. The van der Waals surface area contributed by atoms with Crippen molar-refractivity contribution in [3.63, 3.8) is 0 Å². The minimum atomic E-state index is -0.145. The minimum Gasteiger partial charge on any atom is -0.337 e. The fourth-order valence-electron chi connectivity index (χ4n) is 4.80. The molecule has 0 saturated carbocycles. The largest absolute Gasteiger partial charge is 0.337 e. The smallest absolute Gasteiger partial charge is 0.266 e. The first kappa shape index (κ1) is 26.4. The molecular formula is C33H31N3O2S. The molecule has 0 N–H and O–H groups in total. The Hall–Kier alpha value is -4.16. The maximum absolute atomic E-state index is 13.9. The number of aromatic nitrogens is 2. The highest BCUT2D eigenvalue weighted by Gasteiger charge is 2.18. The number of nitrogens with zero attached hydrogens (tertiary/aromatic N) is 3. The van der Waals surface area contributed by atoms with Crippen molar-refractivity contribution >= 4 is 28.6 Å². The first-order chi connectivity index (χ1) is 18.8. The van der Waals surface area contributed by atoms with E-state index in [1.165, 1.54) is 17.3 Å². The maximum Gasteiger partial charge on any atom is 0.266 e. The monoisotopic (exact) mass is 533 g/mol. The number of rotatable bonds is 7. The predicted octanol–water partition coefficient (Wildman–Crippen LogP) is 6.88. The lowest BCUT2D eigenvalue weighted by atomic mass is 10.1. The first-order valence-corrected chi connectivity index (χ1v) is 13.9. The first-order valence-electron chi connectivity index (χ1n) is 12.9. The van der Waals surface area contributed by atoms with Gasteiger partial charge in [0.1, 0.15) is 0 Å². The summed E-state index contributed by atoms with van der Waals surface area (Å²) in [6.07, 6.45) is 0. The molecule has 0 aliphatic rings. The highest BCUT2D eigenvalue weighted by atomic mass is 32.2. The number of hydrogen-bond acceptors (Lipinski definition) is 4. The molecule has 4 aromatic carbocycles. The number of amides is 1. The minimum absolute atomic E-state index is 0.116. The van der Waals surface area contributed by atoms with Gasteiger partial charge in [-0.3, -0.25) is 14.2 Å². The van der Waals surface area contributed by atoms with Crippen molar-refractivity contribution in [2.75, 3.05) is 7.05 Å². The van der Waals surface area contributed by atoms with Gasteiger partial charge >= 0.3 is 0 Å². The number of carbonyl (C=O) groups is 1. The topological polar surface area (TPSA) is 55.2 Å². The summed E-state index contributed by atoms with van der Waals surface area (Å²) in [7, 11) is 1.79. The van der Waals surface area contributed by atoms with Crippen molar-refractivity contribution in [3.05, 3.63) is 135 Å². The zero-order valence-electron chi connectivity index (χ0n) is 22.6. The van der Waals surface area contributed by atoms with Crippen LogP contribution in [0.3, 0.4) is 0 Å². The Morgan fingerprint density at radius 1 is 0.821 bits per heavy atom. The van der Waals surface area contributed by atoms with Gasteiger partial charge in [-0.15, -0.1) is 0 Å². The van der Waals surface area contributed by atoms with Crippen LogP contribution >= 0.6 is 11.8 Å². The van der Waals surface area contributed by atoms with Gasteiger partial charge in [0, 0.05) is 24.9 Å². The summed E-state index contributed by atoms with van der Waals surface area (Å²) in [4.78, 5) is 33.8. The molecule has 0 aliphatic heterocycles. The Balaban J connectivity index is 1.56. The molecule has 39 heavy (non-hydrogen) atoms. The molecule has 1 heterocycles. The van der Waals surface area contributed by atoms with Crippen molar-refractivity contribution in [2.45, 2.75) is 38.2 Å². The van der Waals surface area contributed by atoms with Crippen LogP contribution in [0, 0.1) is 20.8 Å². The van der Waals surface area contributed by atoms with Crippen molar-refractivity contribution in [1.82, 2.24) is 14.5 Å².